The maximum Gasteiger partial charge on any atom is 0.410 e. The van der Waals surface area contributed by atoms with Crippen LogP contribution in [-0.2, 0) is 11.2 Å². The normalized spacial score (nSPS) is 23.4. The molecule has 1 amide bonds. The Hall–Kier alpha value is -1.28. The third-order valence-corrected chi connectivity index (χ3v) is 4.38. The average molecular weight is 409 g/mol. The van der Waals surface area contributed by atoms with Gasteiger partial charge < -0.3 is 10.5 Å². The monoisotopic (exact) mass is 408 g/mol. The number of carbonyl (C=O) groups is 1. The molecule has 1 heterocycles. The van der Waals surface area contributed by atoms with Crippen molar-refractivity contribution in [2.45, 2.75) is 50.8 Å². The van der Waals surface area contributed by atoms with Crippen molar-refractivity contribution >= 4 is 22.0 Å². The number of rotatable bonds is 2. The van der Waals surface area contributed by atoms with Crippen molar-refractivity contribution in [2.24, 2.45) is 5.73 Å². The lowest BCUT2D eigenvalue weighted by Crippen LogP contribution is -2.48. The summed E-state index contributed by atoms with van der Waals surface area (Å²) in [6.07, 6.45) is -1.00. The molecule has 134 valence electrons. The Morgan fingerprint density at radius 3 is 2.67 bits per heavy atom. The van der Waals surface area contributed by atoms with E-state index >= 15 is 0 Å². The van der Waals surface area contributed by atoms with Crippen LogP contribution in [0.1, 0.15) is 26.3 Å². The Bertz CT molecular complexity index is 634. The van der Waals surface area contributed by atoms with E-state index in [4.69, 9.17) is 10.5 Å². The first kappa shape index (κ1) is 19.1. The van der Waals surface area contributed by atoms with Crippen molar-refractivity contribution in [3.63, 3.8) is 0 Å². The Morgan fingerprint density at radius 2 is 2.08 bits per heavy atom. The number of halogens is 4. The summed E-state index contributed by atoms with van der Waals surface area (Å²) in [4.78, 5) is 13.2. The Balaban J connectivity index is 2.29. The molecule has 0 aliphatic carbocycles. The highest BCUT2D eigenvalue weighted by atomic mass is 79.9. The molecule has 2 N–H and O–H groups in total. The Kier molecular flexibility index (Phi) is 5.20. The van der Waals surface area contributed by atoms with Crippen LogP contribution in [-0.4, -0.2) is 41.1 Å². The van der Waals surface area contributed by atoms with Crippen LogP contribution >= 0.6 is 15.9 Å². The van der Waals surface area contributed by atoms with Gasteiger partial charge in [0, 0.05) is 0 Å². The van der Waals surface area contributed by atoms with Crippen molar-refractivity contribution in [1.82, 2.24) is 4.90 Å². The zero-order chi connectivity index (χ0) is 18.3. The second kappa shape index (κ2) is 6.55. The van der Waals surface area contributed by atoms with Gasteiger partial charge in [0.05, 0.1) is 23.1 Å². The van der Waals surface area contributed by atoms with E-state index in [1.54, 1.807) is 26.8 Å². The zero-order valence-electron chi connectivity index (χ0n) is 13.7. The third kappa shape index (κ3) is 4.03. The molecule has 8 heteroatoms. The summed E-state index contributed by atoms with van der Waals surface area (Å²) >= 11 is 3.06. The van der Waals surface area contributed by atoms with Gasteiger partial charge in [-0.1, -0.05) is 12.1 Å². The molecule has 1 aliphatic heterocycles. The van der Waals surface area contributed by atoms with Gasteiger partial charge >= 0.3 is 6.09 Å². The lowest BCUT2D eigenvalue weighted by atomic mass is 9.99. The summed E-state index contributed by atoms with van der Waals surface area (Å²) in [5.74, 6) is -3.81. The molecule has 1 aliphatic rings. The van der Waals surface area contributed by atoms with Crippen molar-refractivity contribution in [1.29, 1.82) is 0 Å². The largest absolute Gasteiger partial charge is 0.444 e. The number of nitrogens with two attached hydrogens (primary N) is 1. The second-order valence-electron chi connectivity index (χ2n) is 6.88. The molecule has 1 aromatic carbocycles. The molecule has 0 saturated carbocycles. The fourth-order valence-electron chi connectivity index (χ4n) is 2.61. The summed E-state index contributed by atoms with van der Waals surface area (Å²) in [5.41, 5.74) is 5.03. The molecule has 0 unspecified atom stereocenters. The number of benzene rings is 1. The molecule has 4 nitrogen and oxygen atoms in total. The molecule has 1 fully saturated rings. The summed E-state index contributed by atoms with van der Waals surface area (Å²) in [6.45, 7) is 4.08. The fourth-order valence-corrected chi connectivity index (χ4v) is 3.02. The van der Waals surface area contributed by atoms with E-state index in [0.29, 0.717) is 0 Å². The van der Waals surface area contributed by atoms with Gasteiger partial charge in [-0.15, -0.1) is 0 Å². The van der Waals surface area contributed by atoms with E-state index in [2.05, 4.69) is 15.9 Å². The predicted octanol–water partition coefficient (Wildman–Crippen LogP) is 3.71. The molecular weight excluding hydrogens is 389 g/mol. The van der Waals surface area contributed by atoms with Crippen LogP contribution in [0.25, 0.3) is 0 Å². The maximum atomic E-state index is 14.2. The smallest absolute Gasteiger partial charge is 0.410 e. The number of amides is 1. The van der Waals surface area contributed by atoms with E-state index in [-0.39, 0.29) is 16.5 Å². The summed E-state index contributed by atoms with van der Waals surface area (Å²) < 4.78 is 47.6. The first-order valence-corrected chi connectivity index (χ1v) is 8.27. The molecule has 0 radical (unpaired) electrons. The first-order valence-electron chi connectivity index (χ1n) is 7.48. The molecule has 24 heavy (non-hydrogen) atoms. The highest BCUT2D eigenvalue weighted by Gasteiger charge is 2.55. The molecular formula is C16H20BrF3N2O2. The van der Waals surface area contributed by atoms with Gasteiger partial charge in [0.25, 0.3) is 5.92 Å². The highest BCUT2D eigenvalue weighted by Crippen LogP contribution is 2.34. The van der Waals surface area contributed by atoms with E-state index in [0.717, 1.165) is 4.90 Å². The number of ether oxygens (including phenoxy) is 1. The standard InChI is InChI=1S/C16H20BrF3N2O2/c1-15(2,3)24-14(23)22-8-16(19,20)13(21)11(22)7-9-5-4-6-10(17)12(9)18/h4-6,11,13H,7-8,21H2,1-3H3/t11-,13+/m0/s1. The van der Waals surface area contributed by atoms with Crippen LogP contribution in [0.5, 0.6) is 0 Å². The molecule has 2 atom stereocenters. The highest BCUT2D eigenvalue weighted by molar-refractivity contribution is 9.10. The maximum absolute atomic E-state index is 14.2. The quantitative estimate of drug-likeness (QED) is 0.811. The van der Waals surface area contributed by atoms with Crippen LogP contribution in [0.4, 0.5) is 18.0 Å². The third-order valence-electron chi connectivity index (χ3n) is 3.77. The van der Waals surface area contributed by atoms with E-state index < -0.39 is 42.1 Å². The van der Waals surface area contributed by atoms with Gasteiger partial charge in [-0.25, -0.2) is 18.0 Å². The van der Waals surface area contributed by atoms with Gasteiger partial charge in [-0.2, -0.15) is 0 Å². The van der Waals surface area contributed by atoms with E-state index in [1.165, 1.54) is 12.1 Å². The van der Waals surface area contributed by atoms with E-state index in [1.807, 2.05) is 0 Å². The fraction of sp³-hybridized carbons (Fsp3) is 0.562. The molecule has 0 spiro atoms. The summed E-state index contributed by atoms with van der Waals surface area (Å²) in [7, 11) is 0. The number of hydrogen-bond acceptors (Lipinski definition) is 3. The molecule has 0 bridgehead atoms. The lowest BCUT2D eigenvalue weighted by molar-refractivity contribution is -0.00942. The average Bonchev–Trinajstić information content (AvgIpc) is 2.66. The first-order chi connectivity index (χ1) is 10.9. The van der Waals surface area contributed by atoms with Crippen LogP contribution in [0.2, 0.25) is 0 Å². The summed E-state index contributed by atoms with van der Waals surface area (Å²) in [5, 5.41) is 0. The minimum Gasteiger partial charge on any atom is -0.444 e. The molecule has 2 rings (SSSR count). The molecule has 0 aromatic heterocycles. The lowest BCUT2D eigenvalue weighted by Gasteiger charge is -2.29. The van der Waals surface area contributed by atoms with Gasteiger partial charge in [0.2, 0.25) is 0 Å². The Labute approximate surface area is 147 Å². The van der Waals surface area contributed by atoms with Crippen molar-refractivity contribution < 1.29 is 22.7 Å². The van der Waals surface area contributed by atoms with Crippen LogP contribution in [0, 0.1) is 5.82 Å². The van der Waals surface area contributed by atoms with Crippen molar-refractivity contribution in [3.8, 4) is 0 Å². The van der Waals surface area contributed by atoms with Crippen LogP contribution < -0.4 is 5.73 Å². The number of hydrogen-bond donors (Lipinski definition) is 1. The molecule has 1 saturated heterocycles. The van der Waals surface area contributed by atoms with Crippen LogP contribution in [0.3, 0.4) is 0 Å². The van der Waals surface area contributed by atoms with Crippen molar-refractivity contribution in [2.75, 3.05) is 6.54 Å². The summed E-state index contributed by atoms with van der Waals surface area (Å²) in [6, 6.07) is 1.94. The van der Waals surface area contributed by atoms with Gasteiger partial charge in [0.1, 0.15) is 11.4 Å². The number of alkyl halides is 2. The zero-order valence-corrected chi connectivity index (χ0v) is 15.2. The van der Waals surface area contributed by atoms with Gasteiger partial charge in [-0.3, -0.25) is 4.90 Å². The van der Waals surface area contributed by atoms with E-state index in [9.17, 15) is 18.0 Å². The van der Waals surface area contributed by atoms with Gasteiger partial charge in [0.15, 0.2) is 0 Å². The van der Waals surface area contributed by atoms with Gasteiger partial charge in [-0.05, 0) is 54.8 Å². The number of nitrogens with zero attached hydrogens (tertiary/aromatic N) is 1. The van der Waals surface area contributed by atoms with Crippen molar-refractivity contribution in [3.05, 3.63) is 34.1 Å². The van der Waals surface area contributed by atoms with Crippen LogP contribution in [0.15, 0.2) is 22.7 Å². The minimum atomic E-state index is -3.26. The number of carbonyl (C=O) groups excluding carboxylic acids is 1. The topological polar surface area (TPSA) is 55.6 Å². The molecule has 1 aromatic rings. The number of likely N-dealkylation sites (tertiary alicyclic amines) is 1. The predicted molar refractivity (Wildman–Crippen MR) is 87.5 cm³/mol. The minimum absolute atomic E-state index is 0.124. The Morgan fingerprint density at radius 1 is 1.46 bits per heavy atom. The SMILES string of the molecule is CC(C)(C)OC(=O)N1CC(F)(F)[C@H](N)[C@@H]1Cc1cccc(Br)c1F. The second-order valence-corrected chi connectivity index (χ2v) is 7.73.